The van der Waals surface area contributed by atoms with Gasteiger partial charge < -0.3 is 10.3 Å². The van der Waals surface area contributed by atoms with E-state index in [0.717, 1.165) is 38.5 Å². The SMILES string of the molecule is CCCCCC(C(=O)O)C1CC(C)(C)N(O)C(C)(C)C1. The summed E-state index contributed by atoms with van der Waals surface area (Å²) in [7, 11) is 0. The zero-order valence-corrected chi connectivity index (χ0v) is 13.6. The fourth-order valence-corrected chi connectivity index (χ4v) is 3.81. The van der Waals surface area contributed by atoms with Crippen LogP contribution in [0.4, 0.5) is 0 Å². The summed E-state index contributed by atoms with van der Waals surface area (Å²) in [4.78, 5) is 11.6. The topological polar surface area (TPSA) is 60.8 Å². The average molecular weight is 285 g/mol. The monoisotopic (exact) mass is 285 g/mol. The predicted octanol–water partition coefficient (Wildman–Crippen LogP) is 3.93. The van der Waals surface area contributed by atoms with Gasteiger partial charge in [0.15, 0.2) is 0 Å². The van der Waals surface area contributed by atoms with Crippen LogP contribution in [-0.4, -0.2) is 32.4 Å². The molecule has 0 spiro atoms. The van der Waals surface area contributed by atoms with E-state index < -0.39 is 5.97 Å². The van der Waals surface area contributed by atoms with Gasteiger partial charge in [0.05, 0.1) is 5.92 Å². The Morgan fingerprint density at radius 2 is 1.70 bits per heavy atom. The molecular formula is C16H31NO3. The molecule has 20 heavy (non-hydrogen) atoms. The van der Waals surface area contributed by atoms with Gasteiger partial charge in [0.25, 0.3) is 0 Å². The lowest BCUT2D eigenvalue weighted by atomic mass is 9.69. The van der Waals surface area contributed by atoms with E-state index in [1.54, 1.807) is 0 Å². The number of nitrogens with zero attached hydrogens (tertiary/aromatic N) is 1. The maximum absolute atomic E-state index is 11.6. The van der Waals surface area contributed by atoms with Crippen molar-refractivity contribution in [2.24, 2.45) is 11.8 Å². The Morgan fingerprint density at radius 1 is 1.20 bits per heavy atom. The average Bonchev–Trinajstić information content (AvgIpc) is 2.30. The first-order chi connectivity index (χ1) is 9.12. The number of piperidine rings is 1. The molecule has 1 aliphatic heterocycles. The van der Waals surface area contributed by atoms with Crippen LogP contribution >= 0.6 is 0 Å². The van der Waals surface area contributed by atoms with Gasteiger partial charge >= 0.3 is 5.97 Å². The first kappa shape index (κ1) is 17.4. The van der Waals surface area contributed by atoms with Crippen molar-refractivity contribution in [1.82, 2.24) is 5.06 Å². The Hall–Kier alpha value is -0.610. The standard InChI is InChI=1S/C16H31NO3/c1-6-7-8-9-13(14(18)19)12-10-15(2,3)17(20)16(4,5)11-12/h12-13,20H,6-11H2,1-5H3,(H,18,19). The van der Waals surface area contributed by atoms with Gasteiger partial charge in [-0.2, -0.15) is 5.06 Å². The van der Waals surface area contributed by atoms with Crippen molar-refractivity contribution in [3.63, 3.8) is 0 Å². The summed E-state index contributed by atoms with van der Waals surface area (Å²) in [6.07, 6.45) is 5.40. The highest BCUT2D eigenvalue weighted by Gasteiger charge is 2.47. The van der Waals surface area contributed by atoms with Crippen LogP contribution in [0.3, 0.4) is 0 Å². The second-order valence-electron chi connectivity index (χ2n) is 7.55. The van der Waals surface area contributed by atoms with Crippen LogP contribution in [0.2, 0.25) is 0 Å². The molecule has 0 aromatic carbocycles. The van der Waals surface area contributed by atoms with Gasteiger partial charge in [-0.3, -0.25) is 4.79 Å². The molecule has 0 amide bonds. The Bertz CT molecular complexity index is 321. The van der Waals surface area contributed by atoms with Gasteiger partial charge in [-0.15, -0.1) is 0 Å². The zero-order chi connectivity index (χ0) is 15.6. The van der Waals surface area contributed by atoms with Crippen LogP contribution in [0, 0.1) is 11.8 Å². The highest BCUT2D eigenvalue weighted by molar-refractivity contribution is 5.70. The highest BCUT2D eigenvalue weighted by atomic mass is 16.5. The van der Waals surface area contributed by atoms with Gasteiger partial charge in [0, 0.05) is 11.1 Å². The van der Waals surface area contributed by atoms with E-state index in [4.69, 9.17) is 0 Å². The van der Waals surface area contributed by atoms with Crippen molar-refractivity contribution in [2.75, 3.05) is 0 Å². The molecule has 1 heterocycles. The molecule has 4 nitrogen and oxygen atoms in total. The number of aliphatic carboxylic acids is 1. The van der Waals surface area contributed by atoms with Gasteiger partial charge in [0.1, 0.15) is 0 Å². The maximum Gasteiger partial charge on any atom is 0.306 e. The maximum atomic E-state index is 11.6. The van der Waals surface area contributed by atoms with Crippen LogP contribution < -0.4 is 0 Å². The number of carboxylic acids is 1. The Kier molecular flexibility index (Phi) is 5.61. The van der Waals surface area contributed by atoms with E-state index in [2.05, 4.69) is 6.92 Å². The minimum Gasteiger partial charge on any atom is -0.481 e. The largest absolute Gasteiger partial charge is 0.481 e. The van der Waals surface area contributed by atoms with E-state index in [0.29, 0.717) is 0 Å². The number of carboxylic acid groups (broad SMARTS) is 1. The number of rotatable bonds is 6. The molecule has 0 saturated carbocycles. The lowest BCUT2D eigenvalue weighted by molar-refractivity contribution is -0.254. The second-order valence-corrected chi connectivity index (χ2v) is 7.55. The normalized spacial score (nSPS) is 24.5. The molecule has 4 heteroatoms. The van der Waals surface area contributed by atoms with Crippen molar-refractivity contribution in [1.29, 1.82) is 0 Å². The third-order valence-electron chi connectivity index (χ3n) is 4.68. The molecular weight excluding hydrogens is 254 g/mol. The van der Waals surface area contributed by atoms with Crippen LogP contribution in [0.5, 0.6) is 0 Å². The first-order valence-electron chi connectivity index (χ1n) is 7.84. The predicted molar refractivity (Wildman–Crippen MR) is 79.8 cm³/mol. The van der Waals surface area contributed by atoms with Crippen molar-refractivity contribution in [3.05, 3.63) is 0 Å². The number of unbranched alkanes of at least 4 members (excludes halogenated alkanes) is 2. The van der Waals surface area contributed by atoms with Crippen LogP contribution in [0.25, 0.3) is 0 Å². The van der Waals surface area contributed by atoms with Crippen molar-refractivity contribution >= 4 is 5.97 Å². The summed E-state index contributed by atoms with van der Waals surface area (Å²) < 4.78 is 0. The highest BCUT2D eigenvalue weighted by Crippen LogP contribution is 2.43. The summed E-state index contributed by atoms with van der Waals surface area (Å²) in [6.45, 7) is 10.1. The van der Waals surface area contributed by atoms with Gasteiger partial charge in [-0.05, 0) is 52.9 Å². The minimum absolute atomic E-state index is 0.137. The Labute approximate surface area is 123 Å². The smallest absolute Gasteiger partial charge is 0.306 e. The van der Waals surface area contributed by atoms with E-state index in [-0.39, 0.29) is 22.9 Å². The van der Waals surface area contributed by atoms with Gasteiger partial charge in [-0.25, -0.2) is 0 Å². The molecule has 0 aliphatic carbocycles. The third-order valence-corrected chi connectivity index (χ3v) is 4.68. The lowest BCUT2D eigenvalue weighted by Gasteiger charge is -2.52. The molecule has 0 radical (unpaired) electrons. The summed E-state index contributed by atoms with van der Waals surface area (Å²) in [6, 6.07) is 0. The van der Waals surface area contributed by atoms with E-state index in [9.17, 15) is 15.1 Å². The van der Waals surface area contributed by atoms with E-state index in [1.807, 2.05) is 27.7 Å². The Morgan fingerprint density at radius 3 is 2.10 bits per heavy atom. The number of hydrogen-bond acceptors (Lipinski definition) is 3. The summed E-state index contributed by atoms with van der Waals surface area (Å²) in [5, 5.41) is 21.3. The molecule has 1 aliphatic rings. The van der Waals surface area contributed by atoms with E-state index >= 15 is 0 Å². The zero-order valence-electron chi connectivity index (χ0n) is 13.6. The number of hydroxylamine groups is 2. The van der Waals surface area contributed by atoms with E-state index in [1.165, 1.54) is 5.06 Å². The summed E-state index contributed by atoms with van der Waals surface area (Å²) in [5.74, 6) is -0.823. The Balaban J connectivity index is 2.83. The van der Waals surface area contributed by atoms with Gasteiger partial charge in [-0.1, -0.05) is 26.2 Å². The summed E-state index contributed by atoms with van der Waals surface area (Å²) >= 11 is 0. The minimum atomic E-state index is -0.677. The molecule has 1 saturated heterocycles. The molecule has 1 fully saturated rings. The van der Waals surface area contributed by atoms with Crippen LogP contribution in [-0.2, 0) is 4.79 Å². The fourth-order valence-electron chi connectivity index (χ4n) is 3.81. The molecule has 1 atom stereocenters. The van der Waals surface area contributed by atoms with Gasteiger partial charge in [0.2, 0.25) is 0 Å². The third kappa shape index (κ3) is 3.95. The first-order valence-corrected chi connectivity index (χ1v) is 7.84. The molecule has 0 aromatic rings. The molecule has 2 N–H and O–H groups in total. The number of carbonyl (C=O) groups is 1. The lowest BCUT2D eigenvalue weighted by Crippen LogP contribution is -2.60. The molecule has 0 aromatic heterocycles. The molecule has 1 unspecified atom stereocenters. The molecule has 1 rings (SSSR count). The number of hydrogen-bond donors (Lipinski definition) is 2. The summed E-state index contributed by atoms with van der Waals surface area (Å²) in [5.41, 5.74) is -0.740. The fraction of sp³-hybridized carbons (Fsp3) is 0.938. The quantitative estimate of drug-likeness (QED) is 0.726. The van der Waals surface area contributed by atoms with Crippen molar-refractivity contribution in [3.8, 4) is 0 Å². The van der Waals surface area contributed by atoms with Crippen molar-refractivity contribution < 1.29 is 15.1 Å². The van der Waals surface area contributed by atoms with Crippen molar-refractivity contribution in [2.45, 2.75) is 84.2 Å². The molecule has 0 bridgehead atoms. The second kappa shape index (κ2) is 6.44. The molecule has 118 valence electrons. The van der Waals surface area contributed by atoms with Crippen LogP contribution in [0.1, 0.15) is 73.1 Å². The van der Waals surface area contributed by atoms with Crippen LogP contribution in [0.15, 0.2) is 0 Å².